The molecule has 0 radical (unpaired) electrons. The van der Waals surface area contributed by atoms with Crippen LogP contribution >= 0.6 is 0 Å². The maximum absolute atomic E-state index is 13.1. The molecule has 7 heteroatoms. The standard InChI is InChI=1S/C25H28N2O5/c1-3-26(4-2)13-8-14-27-22(17-9-6-5-7-10-17)21(24(29)25(27)30)23(28)18-11-12-19-20(15-18)32-16-31-19/h5-7,9-12,15,22,28H,3-4,8,13-14,16H2,1-2H3/b23-21+. The fourth-order valence-electron chi connectivity index (χ4n) is 4.30. The van der Waals surface area contributed by atoms with E-state index < -0.39 is 17.7 Å². The maximum atomic E-state index is 13.1. The first-order valence-corrected chi connectivity index (χ1v) is 11.0. The summed E-state index contributed by atoms with van der Waals surface area (Å²) < 4.78 is 10.7. The van der Waals surface area contributed by atoms with Gasteiger partial charge in [0.1, 0.15) is 5.76 Å². The van der Waals surface area contributed by atoms with Crippen molar-refractivity contribution in [2.75, 3.05) is 33.0 Å². The Morgan fingerprint density at radius 2 is 1.78 bits per heavy atom. The lowest BCUT2D eigenvalue weighted by atomic mass is 9.95. The third-order valence-corrected chi connectivity index (χ3v) is 6.07. The van der Waals surface area contributed by atoms with Gasteiger partial charge in [-0.25, -0.2) is 0 Å². The zero-order valence-electron chi connectivity index (χ0n) is 18.4. The van der Waals surface area contributed by atoms with Gasteiger partial charge in [0.15, 0.2) is 11.5 Å². The highest BCUT2D eigenvalue weighted by atomic mass is 16.7. The summed E-state index contributed by atoms with van der Waals surface area (Å²) in [6.45, 7) is 7.44. The predicted octanol–water partition coefficient (Wildman–Crippen LogP) is 3.57. The second kappa shape index (κ2) is 9.44. The van der Waals surface area contributed by atoms with Crippen molar-refractivity contribution >= 4 is 17.4 Å². The molecule has 2 aromatic carbocycles. The summed E-state index contributed by atoms with van der Waals surface area (Å²) in [5.74, 6) is -0.379. The zero-order chi connectivity index (χ0) is 22.7. The van der Waals surface area contributed by atoms with Crippen molar-refractivity contribution in [1.29, 1.82) is 0 Å². The normalized spacial score (nSPS) is 19.2. The summed E-state index contributed by atoms with van der Waals surface area (Å²) in [5, 5.41) is 11.2. The summed E-state index contributed by atoms with van der Waals surface area (Å²) >= 11 is 0. The molecule has 1 atom stereocenters. The number of rotatable bonds is 8. The van der Waals surface area contributed by atoms with Gasteiger partial charge in [-0.2, -0.15) is 0 Å². The number of hydrogen-bond donors (Lipinski definition) is 1. The first kappa shape index (κ1) is 21.9. The van der Waals surface area contributed by atoms with Crippen LogP contribution in [0.1, 0.15) is 37.4 Å². The van der Waals surface area contributed by atoms with Gasteiger partial charge in [-0.3, -0.25) is 9.59 Å². The third kappa shape index (κ3) is 4.08. The van der Waals surface area contributed by atoms with Crippen LogP contribution in [0, 0.1) is 0 Å². The number of likely N-dealkylation sites (tertiary alicyclic amines) is 1. The Balaban J connectivity index is 1.71. The van der Waals surface area contributed by atoms with Crippen molar-refractivity contribution in [2.45, 2.75) is 26.3 Å². The van der Waals surface area contributed by atoms with E-state index in [1.54, 1.807) is 23.1 Å². The van der Waals surface area contributed by atoms with E-state index in [1.807, 2.05) is 30.3 Å². The highest BCUT2D eigenvalue weighted by Crippen LogP contribution is 2.41. The number of amides is 1. The van der Waals surface area contributed by atoms with Gasteiger partial charge >= 0.3 is 0 Å². The van der Waals surface area contributed by atoms with Gasteiger partial charge in [0, 0.05) is 12.1 Å². The molecule has 0 aromatic heterocycles. The molecular formula is C25H28N2O5. The number of ketones is 1. The molecule has 0 spiro atoms. The van der Waals surface area contributed by atoms with Gasteiger partial charge in [-0.15, -0.1) is 0 Å². The topological polar surface area (TPSA) is 79.3 Å². The number of hydrogen-bond acceptors (Lipinski definition) is 6. The summed E-state index contributed by atoms with van der Waals surface area (Å²) in [5.41, 5.74) is 1.30. The number of nitrogens with zero attached hydrogens (tertiary/aromatic N) is 2. The molecule has 1 amide bonds. The summed E-state index contributed by atoms with van der Waals surface area (Å²) in [4.78, 5) is 30.0. The van der Waals surface area contributed by atoms with Crippen molar-refractivity contribution in [1.82, 2.24) is 9.80 Å². The molecule has 0 bridgehead atoms. The van der Waals surface area contributed by atoms with E-state index in [0.717, 1.165) is 31.6 Å². The zero-order valence-corrected chi connectivity index (χ0v) is 18.4. The Morgan fingerprint density at radius 1 is 1.06 bits per heavy atom. The van der Waals surface area contributed by atoms with Gasteiger partial charge in [0.05, 0.1) is 11.6 Å². The predicted molar refractivity (Wildman–Crippen MR) is 120 cm³/mol. The fourth-order valence-corrected chi connectivity index (χ4v) is 4.30. The number of carbonyl (C=O) groups excluding carboxylic acids is 2. The van der Waals surface area contributed by atoms with Crippen LogP contribution in [0.15, 0.2) is 54.1 Å². The summed E-state index contributed by atoms with van der Waals surface area (Å²) in [7, 11) is 0. The number of Topliss-reactive ketones (excluding diaryl/α,β-unsaturated/α-hetero) is 1. The highest BCUT2D eigenvalue weighted by molar-refractivity contribution is 6.46. The van der Waals surface area contributed by atoms with Gasteiger partial charge < -0.3 is 24.4 Å². The van der Waals surface area contributed by atoms with Crippen LogP contribution in [-0.4, -0.2) is 59.6 Å². The SMILES string of the molecule is CCN(CC)CCCN1C(=O)C(=O)/C(=C(/O)c2ccc3c(c2)OCO3)C1c1ccccc1. The van der Waals surface area contributed by atoms with E-state index in [-0.39, 0.29) is 18.1 Å². The van der Waals surface area contributed by atoms with E-state index in [1.165, 1.54) is 0 Å². The van der Waals surface area contributed by atoms with Crippen LogP contribution < -0.4 is 9.47 Å². The minimum absolute atomic E-state index is 0.0999. The van der Waals surface area contributed by atoms with Crippen LogP contribution in [-0.2, 0) is 9.59 Å². The molecule has 168 valence electrons. The summed E-state index contributed by atoms with van der Waals surface area (Å²) in [6, 6.07) is 13.7. The lowest BCUT2D eigenvalue weighted by molar-refractivity contribution is -0.140. The van der Waals surface area contributed by atoms with E-state index in [4.69, 9.17) is 9.47 Å². The molecule has 2 heterocycles. The fraction of sp³-hybridized carbons (Fsp3) is 0.360. The molecule has 0 saturated carbocycles. The van der Waals surface area contributed by atoms with Crippen LogP contribution in [0.5, 0.6) is 11.5 Å². The van der Waals surface area contributed by atoms with Gasteiger partial charge in [0.2, 0.25) is 6.79 Å². The van der Waals surface area contributed by atoms with Crippen LogP contribution in [0.3, 0.4) is 0 Å². The Labute approximate surface area is 187 Å². The average molecular weight is 437 g/mol. The maximum Gasteiger partial charge on any atom is 0.295 e. The molecule has 1 N–H and O–H groups in total. The van der Waals surface area contributed by atoms with Gasteiger partial charge in [-0.05, 0) is 49.8 Å². The molecule has 2 aliphatic rings. The van der Waals surface area contributed by atoms with E-state index in [0.29, 0.717) is 23.6 Å². The summed E-state index contributed by atoms with van der Waals surface area (Å²) in [6.07, 6.45) is 0.738. The largest absolute Gasteiger partial charge is 0.507 e. The number of aliphatic hydroxyl groups is 1. The Kier molecular flexibility index (Phi) is 6.46. The lowest BCUT2D eigenvalue weighted by Crippen LogP contribution is -2.33. The monoisotopic (exact) mass is 436 g/mol. The van der Waals surface area contributed by atoms with Crippen molar-refractivity contribution in [3.63, 3.8) is 0 Å². The molecule has 4 rings (SSSR count). The van der Waals surface area contributed by atoms with Crippen molar-refractivity contribution in [2.24, 2.45) is 0 Å². The van der Waals surface area contributed by atoms with E-state index in [2.05, 4.69) is 18.7 Å². The third-order valence-electron chi connectivity index (χ3n) is 6.07. The molecule has 1 fully saturated rings. The van der Waals surface area contributed by atoms with Crippen LogP contribution in [0.25, 0.3) is 5.76 Å². The quantitative estimate of drug-likeness (QED) is 0.387. The molecule has 1 saturated heterocycles. The number of carbonyl (C=O) groups is 2. The van der Waals surface area contributed by atoms with E-state index >= 15 is 0 Å². The first-order chi connectivity index (χ1) is 15.5. The van der Waals surface area contributed by atoms with Crippen molar-refractivity contribution < 1.29 is 24.2 Å². The smallest absolute Gasteiger partial charge is 0.295 e. The van der Waals surface area contributed by atoms with E-state index in [9.17, 15) is 14.7 Å². The van der Waals surface area contributed by atoms with Crippen molar-refractivity contribution in [3.05, 3.63) is 65.2 Å². The molecule has 32 heavy (non-hydrogen) atoms. The molecular weight excluding hydrogens is 408 g/mol. The molecule has 0 aliphatic carbocycles. The minimum Gasteiger partial charge on any atom is -0.507 e. The second-order valence-corrected chi connectivity index (χ2v) is 7.85. The minimum atomic E-state index is -0.670. The first-order valence-electron chi connectivity index (χ1n) is 11.0. The highest BCUT2D eigenvalue weighted by Gasteiger charge is 2.45. The second-order valence-electron chi connectivity index (χ2n) is 7.85. The number of aliphatic hydroxyl groups excluding tert-OH is 1. The molecule has 2 aliphatic heterocycles. The van der Waals surface area contributed by atoms with Gasteiger partial charge in [-0.1, -0.05) is 44.2 Å². The Morgan fingerprint density at radius 3 is 2.50 bits per heavy atom. The van der Waals surface area contributed by atoms with Crippen LogP contribution in [0.2, 0.25) is 0 Å². The Bertz CT molecular complexity index is 1030. The Hall–Kier alpha value is -3.32. The van der Waals surface area contributed by atoms with Gasteiger partial charge in [0.25, 0.3) is 11.7 Å². The molecule has 1 unspecified atom stereocenters. The van der Waals surface area contributed by atoms with Crippen molar-refractivity contribution in [3.8, 4) is 11.5 Å². The number of ether oxygens (including phenoxy) is 2. The lowest BCUT2D eigenvalue weighted by Gasteiger charge is -2.26. The molecule has 7 nitrogen and oxygen atoms in total. The van der Waals surface area contributed by atoms with Crippen LogP contribution in [0.4, 0.5) is 0 Å². The number of fused-ring (bicyclic) bond motifs is 1. The average Bonchev–Trinajstić information content (AvgIpc) is 3.39. The number of benzene rings is 2. The molecule has 2 aromatic rings.